The largest absolute Gasteiger partial charge is 0.447 e. The minimum Gasteiger partial charge on any atom is -0.447 e. The Morgan fingerprint density at radius 1 is 1.35 bits per heavy atom. The number of hydrogen-bond donors (Lipinski definition) is 1. The van der Waals surface area contributed by atoms with Crippen molar-refractivity contribution in [1.82, 2.24) is 10.2 Å². The minimum absolute atomic E-state index is 0.0113. The average Bonchev–Trinajstić information content (AvgIpc) is 2.77. The van der Waals surface area contributed by atoms with Crippen LogP contribution in [0.1, 0.15) is 15.9 Å². The molecule has 20 heavy (non-hydrogen) atoms. The molecule has 0 aliphatic carbocycles. The normalized spacial score (nSPS) is 13.8. The molecule has 0 radical (unpaired) electrons. The first kappa shape index (κ1) is 13.5. The highest BCUT2D eigenvalue weighted by Crippen LogP contribution is 2.11. The zero-order valence-electron chi connectivity index (χ0n) is 10.5. The number of nitriles is 1. The Bertz CT molecular complexity index is 573. The van der Waals surface area contributed by atoms with Gasteiger partial charge in [0.1, 0.15) is 6.07 Å². The molecule has 7 heteroatoms. The van der Waals surface area contributed by atoms with Gasteiger partial charge in [-0.1, -0.05) is 12.1 Å². The highest BCUT2D eigenvalue weighted by Gasteiger charge is 2.28. The summed E-state index contributed by atoms with van der Waals surface area (Å²) < 4.78 is 4.66. The predicted octanol–water partition coefficient (Wildman–Crippen LogP) is 0.419. The monoisotopic (exact) mass is 273 g/mol. The number of amides is 3. The van der Waals surface area contributed by atoms with Gasteiger partial charge < -0.3 is 10.1 Å². The zero-order valence-corrected chi connectivity index (χ0v) is 10.5. The summed E-state index contributed by atoms with van der Waals surface area (Å²) in [5.74, 6) is -0.874. The van der Waals surface area contributed by atoms with Crippen LogP contribution in [0.4, 0.5) is 4.79 Å². The molecular weight excluding hydrogens is 262 g/mol. The van der Waals surface area contributed by atoms with Gasteiger partial charge in [-0.3, -0.25) is 9.69 Å². The molecule has 0 saturated carbocycles. The van der Waals surface area contributed by atoms with Crippen LogP contribution < -0.4 is 5.32 Å². The molecule has 102 valence electrons. The van der Waals surface area contributed by atoms with Gasteiger partial charge in [-0.15, -0.1) is 0 Å². The first-order valence-corrected chi connectivity index (χ1v) is 5.83. The lowest BCUT2D eigenvalue weighted by atomic mass is 10.1. The SMILES string of the molecule is N#CCOC(=O)c1ccc(CN2C(=O)CNC2=O)cc1. The molecule has 1 N–H and O–H groups in total. The van der Waals surface area contributed by atoms with Crippen LogP contribution >= 0.6 is 0 Å². The molecule has 1 heterocycles. The van der Waals surface area contributed by atoms with Crippen LogP contribution in [0.5, 0.6) is 0 Å². The summed E-state index contributed by atoms with van der Waals surface area (Å²) in [7, 11) is 0. The third-order valence-corrected chi connectivity index (χ3v) is 2.74. The highest BCUT2D eigenvalue weighted by atomic mass is 16.5. The van der Waals surface area contributed by atoms with E-state index in [2.05, 4.69) is 10.1 Å². The summed E-state index contributed by atoms with van der Waals surface area (Å²) in [6.45, 7) is -0.140. The van der Waals surface area contributed by atoms with E-state index < -0.39 is 12.0 Å². The summed E-state index contributed by atoms with van der Waals surface area (Å²) in [6, 6.07) is 7.58. The van der Waals surface area contributed by atoms with E-state index in [1.807, 2.05) is 0 Å². The van der Waals surface area contributed by atoms with Crippen molar-refractivity contribution in [2.45, 2.75) is 6.54 Å². The Kier molecular flexibility index (Phi) is 3.96. The van der Waals surface area contributed by atoms with Crippen LogP contribution in [-0.2, 0) is 16.1 Å². The van der Waals surface area contributed by atoms with E-state index in [-0.39, 0.29) is 25.6 Å². The van der Waals surface area contributed by atoms with Gasteiger partial charge in [0.2, 0.25) is 5.91 Å². The molecule has 1 fully saturated rings. The van der Waals surface area contributed by atoms with E-state index in [0.717, 1.165) is 4.90 Å². The average molecular weight is 273 g/mol. The second-order valence-electron chi connectivity index (χ2n) is 4.07. The van der Waals surface area contributed by atoms with Crippen LogP contribution in [0.3, 0.4) is 0 Å². The Morgan fingerprint density at radius 3 is 2.60 bits per heavy atom. The number of esters is 1. The van der Waals surface area contributed by atoms with Crippen molar-refractivity contribution in [2.75, 3.05) is 13.2 Å². The third kappa shape index (κ3) is 2.92. The van der Waals surface area contributed by atoms with Gasteiger partial charge in [-0.25, -0.2) is 9.59 Å². The maximum atomic E-state index is 11.5. The predicted molar refractivity (Wildman–Crippen MR) is 66.3 cm³/mol. The molecule has 1 saturated heterocycles. The second kappa shape index (κ2) is 5.84. The van der Waals surface area contributed by atoms with E-state index in [1.165, 1.54) is 12.1 Å². The molecule has 2 rings (SSSR count). The second-order valence-corrected chi connectivity index (χ2v) is 4.07. The Morgan fingerprint density at radius 2 is 2.05 bits per heavy atom. The fourth-order valence-corrected chi connectivity index (χ4v) is 1.73. The molecular formula is C13H11N3O4. The minimum atomic E-state index is -0.590. The molecule has 0 bridgehead atoms. The quantitative estimate of drug-likeness (QED) is 0.633. The molecule has 1 aromatic rings. The lowest BCUT2D eigenvalue weighted by molar-refractivity contribution is -0.125. The van der Waals surface area contributed by atoms with E-state index in [0.29, 0.717) is 11.1 Å². The van der Waals surface area contributed by atoms with E-state index in [4.69, 9.17) is 5.26 Å². The van der Waals surface area contributed by atoms with Crippen LogP contribution in [0.25, 0.3) is 0 Å². The number of benzene rings is 1. The maximum absolute atomic E-state index is 11.5. The molecule has 0 spiro atoms. The molecule has 1 aliphatic heterocycles. The van der Waals surface area contributed by atoms with E-state index in [1.54, 1.807) is 18.2 Å². The van der Waals surface area contributed by atoms with Crippen molar-refractivity contribution in [3.05, 3.63) is 35.4 Å². The van der Waals surface area contributed by atoms with Gasteiger partial charge in [0.05, 0.1) is 18.7 Å². The molecule has 0 unspecified atom stereocenters. The van der Waals surface area contributed by atoms with Crippen molar-refractivity contribution < 1.29 is 19.1 Å². The summed E-state index contributed by atoms with van der Waals surface area (Å²) in [6.07, 6.45) is 0. The number of urea groups is 1. The summed E-state index contributed by atoms with van der Waals surface area (Å²) >= 11 is 0. The number of carbonyl (C=O) groups is 3. The van der Waals surface area contributed by atoms with E-state index in [9.17, 15) is 14.4 Å². The topological polar surface area (TPSA) is 99.5 Å². The Balaban J connectivity index is 2.02. The lowest BCUT2D eigenvalue weighted by Crippen LogP contribution is -2.30. The molecule has 0 aromatic heterocycles. The lowest BCUT2D eigenvalue weighted by Gasteiger charge is -2.12. The van der Waals surface area contributed by atoms with Crippen LogP contribution in [0.2, 0.25) is 0 Å². The number of carbonyl (C=O) groups excluding carboxylic acids is 3. The number of nitrogens with zero attached hydrogens (tertiary/aromatic N) is 2. The van der Waals surface area contributed by atoms with Gasteiger partial charge in [0, 0.05) is 0 Å². The van der Waals surface area contributed by atoms with E-state index >= 15 is 0 Å². The first-order chi connectivity index (χ1) is 9.61. The Labute approximate surface area is 114 Å². The van der Waals surface area contributed by atoms with Gasteiger partial charge in [-0.2, -0.15) is 5.26 Å². The van der Waals surface area contributed by atoms with Crippen molar-refractivity contribution in [1.29, 1.82) is 5.26 Å². The summed E-state index contributed by atoms with van der Waals surface area (Å²) in [5.41, 5.74) is 1.02. The highest BCUT2D eigenvalue weighted by molar-refractivity contribution is 6.01. The fraction of sp³-hybridized carbons (Fsp3) is 0.231. The fourth-order valence-electron chi connectivity index (χ4n) is 1.73. The number of hydrogen-bond acceptors (Lipinski definition) is 5. The van der Waals surface area contributed by atoms with Crippen LogP contribution in [0, 0.1) is 11.3 Å². The smallest absolute Gasteiger partial charge is 0.339 e. The number of rotatable bonds is 4. The van der Waals surface area contributed by atoms with Crippen molar-refractivity contribution in [3.63, 3.8) is 0 Å². The van der Waals surface area contributed by atoms with Crippen LogP contribution in [0.15, 0.2) is 24.3 Å². The third-order valence-electron chi connectivity index (χ3n) is 2.74. The van der Waals surface area contributed by atoms with Gasteiger partial charge in [0.15, 0.2) is 6.61 Å². The van der Waals surface area contributed by atoms with Gasteiger partial charge in [0.25, 0.3) is 0 Å². The standard InChI is InChI=1S/C13H11N3O4/c14-5-6-20-12(18)10-3-1-9(2-4-10)8-16-11(17)7-15-13(16)19/h1-4H,6-8H2,(H,15,19). The van der Waals surface area contributed by atoms with Crippen molar-refractivity contribution >= 4 is 17.9 Å². The molecule has 0 atom stereocenters. The number of imide groups is 1. The summed E-state index contributed by atoms with van der Waals surface area (Å²) in [4.78, 5) is 35.4. The van der Waals surface area contributed by atoms with Crippen molar-refractivity contribution in [3.8, 4) is 6.07 Å². The molecule has 7 nitrogen and oxygen atoms in total. The van der Waals surface area contributed by atoms with Gasteiger partial charge >= 0.3 is 12.0 Å². The first-order valence-electron chi connectivity index (χ1n) is 5.83. The molecule has 1 aromatic carbocycles. The van der Waals surface area contributed by atoms with Gasteiger partial charge in [-0.05, 0) is 17.7 Å². The summed E-state index contributed by atoms with van der Waals surface area (Å²) in [5, 5.41) is 10.7. The maximum Gasteiger partial charge on any atom is 0.339 e. The zero-order chi connectivity index (χ0) is 14.5. The molecule has 3 amide bonds. The number of ether oxygens (including phenoxy) is 1. The molecule has 1 aliphatic rings. The van der Waals surface area contributed by atoms with Crippen molar-refractivity contribution in [2.24, 2.45) is 0 Å². The van der Waals surface area contributed by atoms with Crippen LogP contribution in [-0.4, -0.2) is 36.0 Å². The number of nitrogens with one attached hydrogen (secondary N) is 1. The Hall–Kier alpha value is -2.88.